The summed E-state index contributed by atoms with van der Waals surface area (Å²) in [6, 6.07) is 16.2. The van der Waals surface area contributed by atoms with E-state index >= 15 is 0 Å². The van der Waals surface area contributed by atoms with Crippen molar-refractivity contribution in [1.82, 2.24) is 14.8 Å². The molecular weight excluding hydrogens is 564 g/mol. The number of amides is 3. The molecule has 1 fully saturated rings. The number of nitrogens with two attached hydrogens (primary N) is 1. The minimum atomic E-state index is -1.06. The first kappa shape index (κ1) is 30.3. The molecule has 0 aliphatic carbocycles. The second kappa shape index (κ2) is 13.0. The molecular formula is C32H36N6O6. The van der Waals surface area contributed by atoms with E-state index in [-0.39, 0.29) is 31.2 Å². The number of carbonyl (C=O) groups is 4. The number of carboxylic acid groups (broad SMARTS) is 1. The SMILES string of the molecule is COc1ccc(CNc2cc(N3CCN(C(C)=O)CC3)cc(-c3ccc4c(c3)CN([C@@H](CCC(=O)O)C(N)=O)C4=O)n2)cc1. The van der Waals surface area contributed by atoms with Crippen molar-refractivity contribution in [2.45, 2.75) is 38.9 Å². The first-order valence-corrected chi connectivity index (χ1v) is 14.5. The monoisotopic (exact) mass is 600 g/mol. The summed E-state index contributed by atoms with van der Waals surface area (Å²) < 4.78 is 5.26. The normalized spacial score (nSPS) is 15.1. The highest BCUT2D eigenvalue weighted by molar-refractivity contribution is 6.01. The van der Waals surface area contributed by atoms with Crippen molar-refractivity contribution in [3.63, 3.8) is 0 Å². The third-order valence-electron chi connectivity index (χ3n) is 8.10. The van der Waals surface area contributed by atoms with Gasteiger partial charge in [0.05, 0.1) is 12.8 Å². The number of carboxylic acids is 1. The van der Waals surface area contributed by atoms with Crippen molar-refractivity contribution < 1.29 is 29.0 Å². The van der Waals surface area contributed by atoms with Crippen LogP contribution in [0, 0.1) is 0 Å². The van der Waals surface area contributed by atoms with E-state index in [4.69, 9.17) is 20.6 Å². The zero-order valence-electron chi connectivity index (χ0n) is 24.8. The van der Waals surface area contributed by atoms with Crippen molar-refractivity contribution in [2.75, 3.05) is 43.5 Å². The van der Waals surface area contributed by atoms with Gasteiger partial charge in [0, 0.05) is 75.5 Å². The number of anilines is 2. The van der Waals surface area contributed by atoms with E-state index in [0.717, 1.165) is 22.6 Å². The predicted molar refractivity (Wildman–Crippen MR) is 164 cm³/mol. The molecule has 12 heteroatoms. The summed E-state index contributed by atoms with van der Waals surface area (Å²) >= 11 is 0. The average molecular weight is 601 g/mol. The van der Waals surface area contributed by atoms with Crippen molar-refractivity contribution in [2.24, 2.45) is 5.73 Å². The molecule has 5 rings (SSSR count). The Labute approximate surface area is 255 Å². The van der Waals surface area contributed by atoms with E-state index in [2.05, 4.69) is 10.2 Å². The van der Waals surface area contributed by atoms with Gasteiger partial charge in [-0.15, -0.1) is 0 Å². The number of piperazine rings is 1. The van der Waals surface area contributed by atoms with E-state index in [0.29, 0.717) is 55.4 Å². The van der Waals surface area contributed by atoms with Crippen LogP contribution in [0.5, 0.6) is 5.75 Å². The van der Waals surface area contributed by atoms with Crippen molar-refractivity contribution in [3.05, 3.63) is 71.3 Å². The number of rotatable bonds is 11. The molecule has 44 heavy (non-hydrogen) atoms. The van der Waals surface area contributed by atoms with Gasteiger partial charge in [-0.2, -0.15) is 0 Å². The largest absolute Gasteiger partial charge is 0.497 e. The van der Waals surface area contributed by atoms with Crippen LogP contribution in [-0.2, 0) is 27.5 Å². The van der Waals surface area contributed by atoms with Crippen LogP contribution in [-0.4, -0.2) is 82.9 Å². The first-order valence-electron chi connectivity index (χ1n) is 14.5. The lowest BCUT2D eigenvalue weighted by Crippen LogP contribution is -2.48. The third-order valence-corrected chi connectivity index (χ3v) is 8.10. The van der Waals surface area contributed by atoms with E-state index < -0.39 is 17.9 Å². The standard InChI is InChI=1S/C32H36N6O6/c1-20(39)36-11-13-37(14-12-36)24-16-27(35-29(17-24)34-18-21-3-6-25(44-2)7-4-21)22-5-8-26-23(15-22)19-38(32(26)43)28(31(33)42)9-10-30(40)41/h3-8,15-17,28H,9-14,18-19H2,1-2H3,(H2,33,42)(H,34,35)(H,40,41)/t28-/m0/s1. The lowest BCUT2D eigenvalue weighted by molar-refractivity contribution is -0.137. The van der Waals surface area contributed by atoms with Gasteiger partial charge in [0.2, 0.25) is 11.8 Å². The van der Waals surface area contributed by atoms with Crippen molar-refractivity contribution in [1.29, 1.82) is 0 Å². The van der Waals surface area contributed by atoms with E-state index in [9.17, 15) is 19.2 Å². The number of hydrogen-bond donors (Lipinski definition) is 3. The summed E-state index contributed by atoms with van der Waals surface area (Å²) in [4.78, 5) is 58.6. The number of aliphatic carboxylic acids is 1. The molecule has 0 saturated carbocycles. The number of nitrogens with one attached hydrogen (secondary N) is 1. The van der Waals surface area contributed by atoms with Gasteiger partial charge in [-0.1, -0.05) is 18.2 Å². The molecule has 3 amide bonds. The van der Waals surface area contributed by atoms with Gasteiger partial charge in [0.25, 0.3) is 5.91 Å². The lowest BCUT2D eigenvalue weighted by Gasteiger charge is -2.36. The number of fused-ring (bicyclic) bond motifs is 1. The van der Waals surface area contributed by atoms with Crippen LogP contribution >= 0.6 is 0 Å². The highest BCUT2D eigenvalue weighted by atomic mass is 16.5. The second-order valence-electron chi connectivity index (χ2n) is 10.9. The summed E-state index contributed by atoms with van der Waals surface area (Å²) in [6.07, 6.45) is -0.330. The highest BCUT2D eigenvalue weighted by Crippen LogP contribution is 2.33. The smallest absolute Gasteiger partial charge is 0.303 e. The second-order valence-corrected chi connectivity index (χ2v) is 10.9. The van der Waals surface area contributed by atoms with Crippen molar-refractivity contribution >= 4 is 35.2 Å². The van der Waals surface area contributed by atoms with Crippen LogP contribution in [0.4, 0.5) is 11.5 Å². The van der Waals surface area contributed by atoms with Crippen LogP contribution in [0.2, 0.25) is 0 Å². The quantitative estimate of drug-likeness (QED) is 0.301. The molecule has 3 heterocycles. The van der Waals surface area contributed by atoms with Gasteiger partial charge in [-0.25, -0.2) is 4.98 Å². The summed E-state index contributed by atoms with van der Waals surface area (Å²) in [5.74, 6) is -0.647. The molecule has 12 nitrogen and oxygen atoms in total. The molecule has 230 valence electrons. The molecule has 2 aliphatic heterocycles. The molecule has 0 radical (unpaired) electrons. The van der Waals surface area contributed by atoms with Crippen LogP contribution in [0.25, 0.3) is 11.3 Å². The zero-order chi connectivity index (χ0) is 31.4. The third kappa shape index (κ3) is 6.74. The minimum absolute atomic E-state index is 0.0546. The van der Waals surface area contributed by atoms with E-state index in [1.165, 1.54) is 4.90 Å². The number of hydrogen-bond acceptors (Lipinski definition) is 8. The van der Waals surface area contributed by atoms with Crippen molar-refractivity contribution in [3.8, 4) is 17.0 Å². The first-order chi connectivity index (χ1) is 21.1. The number of carbonyl (C=O) groups excluding carboxylic acids is 3. The molecule has 1 aromatic heterocycles. The number of nitrogens with zero attached hydrogens (tertiary/aromatic N) is 4. The molecule has 2 aromatic carbocycles. The number of methoxy groups -OCH3 is 1. The van der Waals surface area contributed by atoms with Crippen LogP contribution < -0.4 is 20.7 Å². The highest BCUT2D eigenvalue weighted by Gasteiger charge is 2.36. The Bertz CT molecular complexity index is 1570. The summed E-state index contributed by atoms with van der Waals surface area (Å²) in [5.41, 5.74) is 10.2. The molecule has 1 saturated heterocycles. The van der Waals surface area contributed by atoms with Crippen LogP contribution in [0.3, 0.4) is 0 Å². The molecule has 0 unspecified atom stereocenters. The number of ether oxygens (including phenoxy) is 1. The van der Waals surface area contributed by atoms with Gasteiger partial charge in [0.1, 0.15) is 17.6 Å². The fourth-order valence-electron chi connectivity index (χ4n) is 5.62. The maximum Gasteiger partial charge on any atom is 0.303 e. The Balaban J connectivity index is 1.42. The summed E-state index contributed by atoms with van der Waals surface area (Å²) in [6.45, 7) is 4.88. The average Bonchev–Trinajstić information content (AvgIpc) is 3.34. The number of benzene rings is 2. The number of primary amides is 1. The minimum Gasteiger partial charge on any atom is -0.497 e. The van der Waals surface area contributed by atoms with Gasteiger partial charge in [0.15, 0.2) is 0 Å². The maximum absolute atomic E-state index is 13.2. The fourth-order valence-corrected chi connectivity index (χ4v) is 5.62. The fraction of sp³-hybridized carbons (Fsp3) is 0.344. The Hall–Kier alpha value is -5.13. The van der Waals surface area contributed by atoms with Gasteiger partial charge in [-0.05, 0) is 47.9 Å². The number of aromatic nitrogens is 1. The molecule has 0 spiro atoms. The van der Waals surface area contributed by atoms with Gasteiger partial charge >= 0.3 is 5.97 Å². The Morgan fingerprint density at radius 2 is 1.77 bits per heavy atom. The lowest BCUT2D eigenvalue weighted by atomic mass is 10.0. The predicted octanol–water partition coefficient (Wildman–Crippen LogP) is 2.71. The topological polar surface area (TPSA) is 158 Å². The van der Waals surface area contributed by atoms with Crippen LogP contribution in [0.1, 0.15) is 41.3 Å². The number of pyridine rings is 1. The molecule has 4 N–H and O–H groups in total. The van der Waals surface area contributed by atoms with Crippen LogP contribution in [0.15, 0.2) is 54.6 Å². The van der Waals surface area contributed by atoms with E-state index in [1.807, 2.05) is 53.4 Å². The zero-order valence-corrected chi connectivity index (χ0v) is 24.8. The molecule has 0 bridgehead atoms. The van der Waals surface area contributed by atoms with E-state index in [1.54, 1.807) is 20.1 Å². The maximum atomic E-state index is 13.2. The summed E-state index contributed by atoms with van der Waals surface area (Å²) in [7, 11) is 1.63. The molecule has 2 aliphatic rings. The Kier molecular flexibility index (Phi) is 8.98. The molecule has 1 atom stereocenters. The summed E-state index contributed by atoms with van der Waals surface area (Å²) in [5, 5.41) is 12.5. The Morgan fingerprint density at radius 1 is 1.05 bits per heavy atom. The van der Waals surface area contributed by atoms with Gasteiger partial charge in [-0.3, -0.25) is 19.2 Å². The van der Waals surface area contributed by atoms with Gasteiger partial charge < -0.3 is 35.6 Å². The molecule has 3 aromatic rings. The Morgan fingerprint density at radius 3 is 2.41 bits per heavy atom.